The van der Waals surface area contributed by atoms with E-state index >= 15 is 0 Å². The third-order valence-corrected chi connectivity index (χ3v) is 5.33. The number of amides is 2. The SMILES string of the molecule is Cc1cc(C(=O)NCC(=O)N2CCCC(c3nc(-c4cccc(F)c4)no3)C2)c(C)o1. The van der Waals surface area contributed by atoms with Crippen LogP contribution in [0.5, 0.6) is 0 Å². The maximum absolute atomic E-state index is 13.4. The topological polar surface area (TPSA) is 101 Å². The van der Waals surface area contributed by atoms with Crippen molar-refractivity contribution in [2.75, 3.05) is 19.6 Å². The van der Waals surface area contributed by atoms with Gasteiger partial charge in [0.2, 0.25) is 17.6 Å². The molecule has 9 heteroatoms. The summed E-state index contributed by atoms with van der Waals surface area (Å²) >= 11 is 0. The van der Waals surface area contributed by atoms with Gasteiger partial charge < -0.3 is 19.2 Å². The van der Waals surface area contributed by atoms with Gasteiger partial charge >= 0.3 is 0 Å². The predicted molar refractivity (Wildman–Crippen MR) is 109 cm³/mol. The minimum absolute atomic E-state index is 0.104. The highest BCUT2D eigenvalue weighted by Crippen LogP contribution is 2.27. The van der Waals surface area contributed by atoms with Gasteiger partial charge in [0.15, 0.2) is 0 Å². The molecule has 1 N–H and O–H groups in total. The molecular weight excluding hydrogens is 403 g/mol. The van der Waals surface area contributed by atoms with Gasteiger partial charge in [-0.2, -0.15) is 4.98 Å². The normalized spacial score (nSPS) is 16.4. The van der Waals surface area contributed by atoms with Crippen molar-refractivity contribution in [1.29, 1.82) is 0 Å². The average Bonchev–Trinajstić information content (AvgIpc) is 3.38. The first-order valence-corrected chi connectivity index (χ1v) is 10.1. The zero-order valence-corrected chi connectivity index (χ0v) is 17.4. The molecule has 31 heavy (non-hydrogen) atoms. The fraction of sp³-hybridized carbons (Fsp3) is 0.364. The summed E-state index contributed by atoms with van der Waals surface area (Å²) in [5.41, 5.74) is 0.962. The van der Waals surface area contributed by atoms with Crippen LogP contribution in [0.3, 0.4) is 0 Å². The Morgan fingerprint density at radius 2 is 2.13 bits per heavy atom. The van der Waals surface area contributed by atoms with Gasteiger partial charge in [-0.25, -0.2) is 4.39 Å². The number of piperidine rings is 1. The monoisotopic (exact) mass is 426 g/mol. The van der Waals surface area contributed by atoms with E-state index in [0.717, 1.165) is 12.8 Å². The Hall–Kier alpha value is -3.49. The summed E-state index contributed by atoms with van der Waals surface area (Å²) in [5, 5.41) is 6.61. The summed E-state index contributed by atoms with van der Waals surface area (Å²) in [7, 11) is 0. The molecule has 162 valence electrons. The Balaban J connectivity index is 1.36. The number of aryl methyl sites for hydroxylation is 2. The van der Waals surface area contributed by atoms with Gasteiger partial charge in [0, 0.05) is 18.7 Å². The van der Waals surface area contributed by atoms with Crippen LogP contribution < -0.4 is 5.32 Å². The predicted octanol–water partition coefficient (Wildman–Crippen LogP) is 3.22. The molecule has 3 aromatic rings. The number of nitrogens with zero attached hydrogens (tertiary/aromatic N) is 3. The minimum atomic E-state index is -0.374. The van der Waals surface area contributed by atoms with Gasteiger partial charge in [0.1, 0.15) is 17.3 Å². The smallest absolute Gasteiger partial charge is 0.255 e. The van der Waals surface area contributed by atoms with Crippen LogP contribution in [0.25, 0.3) is 11.4 Å². The van der Waals surface area contributed by atoms with Gasteiger partial charge in [-0.3, -0.25) is 9.59 Å². The van der Waals surface area contributed by atoms with E-state index in [1.54, 1.807) is 36.9 Å². The lowest BCUT2D eigenvalue weighted by Crippen LogP contribution is -2.44. The first kappa shape index (κ1) is 20.8. The second-order valence-corrected chi connectivity index (χ2v) is 7.66. The number of furan rings is 1. The highest BCUT2D eigenvalue weighted by atomic mass is 19.1. The van der Waals surface area contributed by atoms with Gasteiger partial charge in [0.05, 0.1) is 18.0 Å². The standard InChI is InChI=1S/C22H23FN4O4/c1-13-9-18(14(2)30-13)21(29)24-11-19(28)27-8-4-6-16(12-27)22-25-20(26-31-22)15-5-3-7-17(23)10-15/h3,5,7,9-10,16H,4,6,8,11-12H2,1-2H3,(H,24,29). The number of benzene rings is 1. The van der Waals surface area contributed by atoms with Gasteiger partial charge in [0.25, 0.3) is 5.91 Å². The highest BCUT2D eigenvalue weighted by molar-refractivity contribution is 5.97. The first-order chi connectivity index (χ1) is 14.9. The van der Waals surface area contributed by atoms with Crippen molar-refractivity contribution >= 4 is 11.8 Å². The number of carbonyl (C=O) groups is 2. The molecule has 4 rings (SSSR count). The Morgan fingerprint density at radius 3 is 2.87 bits per heavy atom. The van der Waals surface area contributed by atoms with Crippen molar-refractivity contribution in [1.82, 2.24) is 20.4 Å². The number of hydrogen-bond acceptors (Lipinski definition) is 6. The summed E-state index contributed by atoms with van der Waals surface area (Å²) < 4.78 is 24.2. The third kappa shape index (κ3) is 4.65. The van der Waals surface area contributed by atoms with Crippen LogP contribution >= 0.6 is 0 Å². The lowest BCUT2D eigenvalue weighted by molar-refractivity contribution is -0.131. The van der Waals surface area contributed by atoms with Crippen LogP contribution in [0.4, 0.5) is 4.39 Å². The van der Waals surface area contributed by atoms with Gasteiger partial charge in [-0.15, -0.1) is 0 Å². The van der Waals surface area contributed by atoms with Gasteiger partial charge in [-0.05, 0) is 44.9 Å². The van der Waals surface area contributed by atoms with E-state index in [1.807, 2.05) is 0 Å². The molecule has 0 radical (unpaired) electrons. The van der Waals surface area contributed by atoms with Crippen LogP contribution in [0.1, 0.15) is 46.5 Å². The maximum Gasteiger partial charge on any atom is 0.255 e. The molecule has 8 nitrogen and oxygen atoms in total. The van der Waals surface area contributed by atoms with Crippen molar-refractivity contribution in [2.45, 2.75) is 32.6 Å². The molecule has 0 saturated carbocycles. The molecule has 1 aliphatic heterocycles. The molecule has 1 aromatic carbocycles. The second-order valence-electron chi connectivity index (χ2n) is 7.66. The van der Waals surface area contributed by atoms with Crippen LogP contribution in [0.2, 0.25) is 0 Å². The molecule has 1 fully saturated rings. The van der Waals surface area contributed by atoms with Crippen molar-refractivity contribution in [3.63, 3.8) is 0 Å². The molecule has 1 saturated heterocycles. The molecular formula is C22H23FN4O4. The number of carbonyl (C=O) groups excluding carboxylic acids is 2. The van der Waals surface area contributed by atoms with E-state index in [4.69, 9.17) is 8.94 Å². The Kier molecular flexibility index (Phi) is 5.83. The summed E-state index contributed by atoms with van der Waals surface area (Å²) in [6.07, 6.45) is 1.58. The Labute approximate surface area is 178 Å². The van der Waals surface area contributed by atoms with Crippen LogP contribution in [0.15, 0.2) is 39.3 Å². The van der Waals surface area contributed by atoms with Crippen molar-refractivity contribution < 1.29 is 22.9 Å². The van der Waals surface area contributed by atoms with Crippen LogP contribution in [-0.4, -0.2) is 46.5 Å². The molecule has 0 bridgehead atoms. The van der Waals surface area contributed by atoms with E-state index < -0.39 is 0 Å². The lowest BCUT2D eigenvalue weighted by Gasteiger charge is -2.31. The second kappa shape index (κ2) is 8.71. The number of likely N-dealkylation sites (tertiary alicyclic amines) is 1. The fourth-order valence-corrected chi connectivity index (χ4v) is 3.77. The van der Waals surface area contributed by atoms with E-state index in [9.17, 15) is 14.0 Å². The Morgan fingerprint density at radius 1 is 1.29 bits per heavy atom. The molecule has 0 aliphatic carbocycles. The number of hydrogen-bond donors (Lipinski definition) is 1. The fourth-order valence-electron chi connectivity index (χ4n) is 3.77. The van der Waals surface area contributed by atoms with Gasteiger partial charge in [-0.1, -0.05) is 17.3 Å². The molecule has 1 unspecified atom stereocenters. The number of rotatable bonds is 5. The first-order valence-electron chi connectivity index (χ1n) is 10.1. The quantitative estimate of drug-likeness (QED) is 0.672. The molecule has 1 aliphatic rings. The number of aromatic nitrogens is 2. The van der Waals surface area contributed by atoms with E-state index in [0.29, 0.717) is 47.5 Å². The third-order valence-electron chi connectivity index (χ3n) is 5.33. The zero-order chi connectivity index (χ0) is 22.0. The zero-order valence-electron chi connectivity index (χ0n) is 17.4. The summed E-state index contributed by atoms with van der Waals surface area (Å²) in [4.78, 5) is 31.0. The summed E-state index contributed by atoms with van der Waals surface area (Å²) in [5.74, 6) is 0.897. The minimum Gasteiger partial charge on any atom is -0.466 e. The molecule has 2 aromatic heterocycles. The van der Waals surface area contributed by atoms with Crippen molar-refractivity contribution in [3.05, 3.63) is 59.1 Å². The van der Waals surface area contributed by atoms with Crippen LogP contribution in [0, 0.1) is 19.7 Å². The number of nitrogens with one attached hydrogen (secondary N) is 1. The summed E-state index contributed by atoms with van der Waals surface area (Å²) in [6.45, 7) is 4.39. The lowest BCUT2D eigenvalue weighted by atomic mass is 9.98. The van der Waals surface area contributed by atoms with Crippen molar-refractivity contribution in [3.8, 4) is 11.4 Å². The van der Waals surface area contributed by atoms with Crippen LogP contribution in [-0.2, 0) is 4.79 Å². The maximum atomic E-state index is 13.4. The molecule has 1 atom stereocenters. The van der Waals surface area contributed by atoms with E-state index in [1.165, 1.54) is 12.1 Å². The molecule has 3 heterocycles. The number of halogens is 1. The van der Waals surface area contributed by atoms with E-state index in [-0.39, 0.29) is 30.1 Å². The summed E-state index contributed by atoms with van der Waals surface area (Å²) in [6, 6.07) is 7.64. The average molecular weight is 426 g/mol. The molecule has 2 amide bonds. The highest BCUT2D eigenvalue weighted by Gasteiger charge is 2.29. The van der Waals surface area contributed by atoms with E-state index in [2.05, 4.69) is 15.5 Å². The largest absolute Gasteiger partial charge is 0.466 e. The Bertz CT molecular complexity index is 1110. The van der Waals surface area contributed by atoms with Crippen molar-refractivity contribution in [2.24, 2.45) is 0 Å². The molecule has 0 spiro atoms.